The van der Waals surface area contributed by atoms with Crippen LogP contribution in [0.2, 0.25) is 0 Å². The van der Waals surface area contributed by atoms with Crippen LogP contribution in [0.1, 0.15) is 130 Å². The number of amides is 6. The number of nitrogens with one attached hydrogen (secondary N) is 3. The van der Waals surface area contributed by atoms with Gasteiger partial charge in [0.05, 0.1) is 28.1 Å². The lowest BCUT2D eigenvalue weighted by Crippen LogP contribution is -2.44. The van der Waals surface area contributed by atoms with Crippen molar-refractivity contribution in [3.63, 3.8) is 0 Å². The van der Waals surface area contributed by atoms with Gasteiger partial charge >= 0.3 is 0 Å². The van der Waals surface area contributed by atoms with E-state index in [1.807, 2.05) is 38.2 Å². The number of rotatable bonds is 20. The van der Waals surface area contributed by atoms with E-state index in [0.717, 1.165) is 90.8 Å². The zero-order valence-electron chi connectivity index (χ0n) is 52.0. The van der Waals surface area contributed by atoms with Gasteiger partial charge in [-0.3, -0.25) is 77.5 Å². The Balaban J connectivity index is 0.000000205. The molecule has 3 aromatic carbocycles. The molecule has 0 spiro atoms. The number of alkyl halides is 1. The molecule has 3 saturated heterocycles. The summed E-state index contributed by atoms with van der Waals surface area (Å²) in [4.78, 5) is 111. The number of carbonyl (C=O) groups is 6. The molecular weight excluding hydrogens is 1260 g/mol. The standard InChI is InChI=1S/C24H29N5O5.C18H16N2O4.C15H14N2O4.C6H13N3O.C3H3Br/c1-16-12-23(32)29(20-8-9-22(31)25-24(20)33)21-13-18(6-7-19(16)21)34-15-17-14-28(27-26-17)10-4-2-3-5-11-30;1-3-8-24-12-4-5-13-11(2)9-17(22)20(15(13)10-12)14-6-7-16(21)19-18(14)23;1-8-6-14(20)17(11-4-5-13(19)16-15(11)21)12-7-9(18)2-3-10(8)12;7-9-8-5-3-1-2-4-6-10;1-2-3-4/h6-7,12-14,20,30H,2-5,8-11,15H2,1H3,(H,25,31,33);1,4-5,9-10,14H,6-8H2,2H3,(H,19,21,23);2-3,6-7,11,18H,4-5H2,1H3,(H,16,19,21);10H,1-6H2;1H,3H2. The number of phenols is 1. The van der Waals surface area contributed by atoms with Crippen LogP contribution in [0.5, 0.6) is 17.2 Å². The Morgan fingerprint density at radius 1 is 0.602 bits per heavy atom. The van der Waals surface area contributed by atoms with E-state index in [0.29, 0.717) is 45.6 Å². The summed E-state index contributed by atoms with van der Waals surface area (Å²) in [6.07, 6.45) is 20.9. The first-order valence-corrected chi connectivity index (χ1v) is 31.4. The third-order valence-electron chi connectivity index (χ3n) is 15.2. The van der Waals surface area contributed by atoms with Gasteiger partial charge in [0, 0.05) is 103 Å². The number of aromatic nitrogens is 6. The molecule has 10 rings (SSSR count). The Morgan fingerprint density at radius 3 is 1.44 bits per heavy atom. The lowest BCUT2D eigenvalue weighted by molar-refractivity contribution is -0.137. The number of phenolic OH excluding ortho intramolecular Hbond substituents is 1. The minimum atomic E-state index is -0.749. The fourth-order valence-corrected chi connectivity index (χ4v) is 10.7. The van der Waals surface area contributed by atoms with Gasteiger partial charge in [0.25, 0.3) is 16.7 Å². The van der Waals surface area contributed by atoms with Crippen LogP contribution in [0.25, 0.3) is 43.2 Å². The van der Waals surface area contributed by atoms with Crippen molar-refractivity contribution in [1.29, 1.82) is 0 Å². The average molecular weight is 1340 g/mol. The maximum atomic E-state index is 12.8. The Hall–Kier alpha value is -9.92. The molecule has 4 aromatic heterocycles. The predicted octanol–water partition coefficient (Wildman–Crippen LogP) is 7.17. The first-order chi connectivity index (χ1) is 44.8. The van der Waals surface area contributed by atoms with Crippen LogP contribution in [0.4, 0.5) is 0 Å². The number of ether oxygens (including phenoxy) is 2. The molecule has 0 aliphatic carbocycles. The van der Waals surface area contributed by atoms with Gasteiger partial charge in [-0.05, 0) is 124 Å². The molecule has 0 bridgehead atoms. The number of carbonyl (C=O) groups excluding carboxylic acids is 6. The van der Waals surface area contributed by atoms with Crippen molar-refractivity contribution in [3.8, 4) is 41.9 Å². The SMILES string of the molecule is C#CCBr.C#CCOc1ccc2c(C)cc(=O)n(C3CCC(=O)NC3=O)c2c1.Cc1cc(=O)n(C2CCC(=O)NC2=O)c2cc(O)ccc12.Cc1cc(=O)n(C2CCC(=O)NC2=O)c2cc(OCc3cn(CCCCCCO)nn3)ccc12.[N-]=[N+]=NCCCCCCO. The van der Waals surface area contributed by atoms with Gasteiger partial charge in [-0.2, -0.15) is 0 Å². The maximum absolute atomic E-state index is 12.8. The van der Waals surface area contributed by atoms with Gasteiger partial charge in [0.1, 0.15) is 54.3 Å². The second-order valence-electron chi connectivity index (χ2n) is 21.9. The normalized spacial score (nSPS) is 15.8. The highest BCUT2D eigenvalue weighted by Gasteiger charge is 2.33. The van der Waals surface area contributed by atoms with E-state index in [2.05, 4.69) is 64.1 Å². The molecule has 3 aliphatic heterocycles. The molecule has 3 fully saturated rings. The lowest BCUT2D eigenvalue weighted by atomic mass is 10.0. The molecule has 6 N–H and O–H groups in total. The highest BCUT2D eigenvalue weighted by atomic mass is 79.9. The number of pyridine rings is 3. The molecule has 490 valence electrons. The molecule has 3 aliphatic rings. The van der Waals surface area contributed by atoms with Gasteiger partial charge in [0.2, 0.25) is 35.4 Å². The van der Waals surface area contributed by atoms with Crippen molar-refractivity contribution in [2.75, 3.05) is 31.7 Å². The number of imide groups is 3. The van der Waals surface area contributed by atoms with E-state index in [-0.39, 0.29) is 105 Å². The number of aryl methyl sites for hydroxylation is 4. The fourth-order valence-electron chi connectivity index (χ4n) is 10.7. The highest BCUT2D eigenvalue weighted by Crippen LogP contribution is 2.31. The number of azide groups is 1. The zero-order valence-corrected chi connectivity index (χ0v) is 53.6. The monoisotopic (exact) mass is 1340 g/mol. The number of hydrogen-bond donors (Lipinski definition) is 6. The van der Waals surface area contributed by atoms with Gasteiger partial charge < -0.3 is 24.8 Å². The summed E-state index contributed by atoms with van der Waals surface area (Å²) in [5, 5.41) is 48.6. The van der Waals surface area contributed by atoms with E-state index in [1.54, 1.807) is 35.9 Å². The largest absolute Gasteiger partial charge is 0.508 e. The van der Waals surface area contributed by atoms with E-state index in [4.69, 9.17) is 38.1 Å². The number of piperidine rings is 3. The Morgan fingerprint density at radius 2 is 1.02 bits per heavy atom. The first kappa shape index (κ1) is 72.1. The Bertz CT molecular complexity index is 4170. The van der Waals surface area contributed by atoms with Crippen LogP contribution in [0.3, 0.4) is 0 Å². The number of aliphatic hydroxyl groups is 2. The molecule has 0 saturated carbocycles. The molecule has 3 unspecified atom stereocenters. The van der Waals surface area contributed by atoms with Crippen LogP contribution in [-0.2, 0) is 41.9 Å². The maximum Gasteiger partial charge on any atom is 0.252 e. The van der Waals surface area contributed by atoms with Crippen LogP contribution in [0, 0.1) is 45.5 Å². The van der Waals surface area contributed by atoms with E-state index < -0.39 is 35.8 Å². The van der Waals surface area contributed by atoms with Crippen molar-refractivity contribution >= 4 is 84.1 Å². The number of hydrogen-bond acceptors (Lipinski definition) is 17. The molecule has 93 heavy (non-hydrogen) atoms. The van der Waals surface area contributed by atoms with Crippen LogP contribution in [0.15, 0.2) is 98.5 Å². The summed E-state index contributed by atoms with van der Waals surface area (Å²) < 4.78 is 17.3. The summed E-state index contributed by atoms with van der Waals surface area (Å²) in [6.45, 7) is 7.64. The molecular formula is C66H75BrN12O14. The minimum absolute atomic E-state index is 0.0218. The summed E-state index contributed by atoms with van der Waals surface area (Å²) in [6, 6.07) is 17.7. The van der Waals surface area contributed by atoms with E-state index in [9.17, 15) is 48.3 Å². The van der Waals surface area contributed by atoms with Crippen LogP contribution in [-0.4, -0.2) is 111 Å². The molecule has 7 heterocycles. The summed E-state index contributed by atoms with van der Waals surface area (Å²) in [7, 11) is 0. The topological polar surface area (TPSA) is 363 Å². The second kappa shape index (κ2) is 36.2. The average Bonchev–Trinajstić information content (AvgIpc) is 1.50. The number of terminal acetylenes is 2. The van der Waals surface area contributed by atoms with Gasteiger partial charge in [0.15, 0.2) is 0 Å². The number of halogens is 1. The number of nitrogens with zero attached hydrogens (tertiary/aromatic N) is 9. The van der Waals surface area contributed by atoms with Gasteiger partial charge in [-0.25, -0.2) is 0 Å². The summed E-state index contributed by atoms with van der Waals surface area (Å²) in [5.74, 6) is 3.42. The van der Waals surface area contributed by atoms with Gasteiger partial charge in [-0.1, -0.05) is 63.8 Å². The van der Waals surface area contributed by atoms with E-state index >= 15 is 0 Å². The van der Waals surface area contributed by atoms with Crippen molar-refractivity contribution in [2.24, 2.45) is 5.11 Å². The molecule has 6 amide bonds. The lowest BCUT2D eigenvalue weighted by Gasteiger charge is -2.25. The van der Waals surface area contributed by atoms with Crippen LogP contribution < -0.4 is 42.1 Å². The fraction of sp³-hybridized carbons (Fsp3) is 0.409. The Kier molecular flexibility index (Phi) is 28.1. The van der Waals surface area contributed by atoms with Crippen molar-refractivity contribution in [1.82, 2.24) is 44.6 Å². The predicted molar refractivity (Wildman–Crippen MR) is 351 cm³/mol. The highest BCUT2D eigenvalue weighted by molar-refractivity contribution is 9.09. The second-order valence-corrected chi connectivity index (χ2v) is 22.4. The number of benzene rings is 3. The van der Waals surface area contributed by atoms with Crippen molar-refractivity contribution in [2.45, 2.75) is 142 Å². The Labute approximate surface area is 543 Å². The molecule has 27 heteroatoms. The number of unbranched alkanes of at least 4 members (excludes halogenated alkanes) is 6. The summed E-state index contributed by atoms with van der Waals surface area (Å²) >= 11 is 3.01. The van der Waals surface area contributed by atoms with E-state index in [1.165, 1.54) is 44.0 Å². The summed E-state index contributed by atoms with van der Waals surface area (Å²) in [5.41, 5.74) is 11.7. The molecule has 3 atom stereocenters. The molecule has 0 radical (unpaired) electrons. The van der Waals surface area contributed by atoms with Crippen molar-refractivity contribution < 1.29 is 53.6 Å². The quantitative estimate of drug-likeness (QED) is 0.00837. The number of aliphatic hydroxyl groups excluding tert-OH is 2. The smallest absolute Gasteiger partial charge is 0.252 e. The zero-order chi connectivity index (χ0) is 67.6. The molecule has 26 nitrogen and oxygen atoms in total. The van der Waals surface area contributed by atoms with Crippen molar-refractivity contribution in [3.05, 3.63) is 143 Å². The van der Waals surface area contributed by atoms with Crippen LogP contribution >= 0.6 is 15.9 Å². The minimum Gasteiger partial charge on any atom is -0.508 e. The third kappa shape index (κ3) is 20.3. The number of aromatic hydroxyl groups is 1. The third-order valence-corrected chi connectivity index (χ3v) is 15.5. The number of fused-ring (bicyclic) bond motifs is 3. The first-order valence-electron chi connectivity index (χ1n) is 30.3. The molecule has 7 aromatic rings. The van der Waals surface area contributed by atoms with Gasteiger partial charge in [-0.15, -0.1) is 17.9 Å².